The zero-order valence-electron chi connectivity index (χ0n) is 11.0. The van der Waals surface area contributed by atoms with Gasteiger partial charge in [-0.3, -0.25) is 9.67 Å². The first-order valence-electron chi connectivity index (χ1n) is 6.29. The van der Waals surface area contributed by atoms with Crippen LogP contribution in [0.2, 0.25) is 0 Å². The van der Waals surface area contributed by atoms with E-state index < -0.39 is 0 Å². The van der Waals surface area contributed by atoms with E-state index in [1.165, 1.54) is 0 Å². The summed E-state index contributed by atoms with van der Waals surface area (Å²) >= 11 is 0. The molecule has 0 spiro atoms. The Labute approximate surface area is 112 Å². The highest BCUT2D eigenvalue weighted by Gasteiger charge is 2.15. The van der Waals surface area contributed by atoms with Crippen molar-refractivity contribution >= 4 is 10.9 Å². The molecule has 0 saturated carbocycles. The van der Waals surface area contributed by atoms with Crippen LogP contribution < -0.4 is 5.32 Å². The van der Waals surface area contributed by atoms with Crippen molar-refractivity contribution in [2.24, 2.45) is 7.05 Å². The fourth-order valence-corrected chi connectivity index (χ4v) is 2.32. The van der Waals surface area contributed by atoms with E-state index in [0.717, 1.165) is 22.2 Å². The zero-order chi connectivity index (χ0) is 13.2. The Hall–Kier alpha value is -2.20. The molecule has 0 radical (unpaired) electrons. The van der Waals surface area contributed by atoms with Gasteiger partial charge in [-0.15, -0.1) is 0 Å². The van der Waals surface area contributed by atoms with Crippen molar-refractivity contribution in [1.82, 2.24) is 20.1 Å². The third-order valence-corrected chi connectivity index (χ3v) is 3.26. The van der Waals surface area contributed by atoms with Crippen LogP contribution >= 0.6 is 0 Å². The second-order valence-electron chi connectivity index (χ2n) is 4.60. The van der Waals surface area contributed by atoms with Crippen molar-refractivity contribution in [3.05, 3.63) is 60.0 Å². The smallest absolute Gasteiger partial charge is 0.0839 e. The van der Waals surface area contributed by atoms with Crippen LogP contribution in [0.5, 0.6) is 0 Å². The summed E-state index contributed by atoms with van der Waals surface area (Å²) in [5.74, 6) is 0. The van der Waals surface area contributed by atoms with Crippen molar-refractivity contribution in [2.45, 2.75) is 6.04 Å². The number of hydrogen-bond donors (Lipinski definition) is 1. The van der Waals surface area contributed by atoms with Gasteiger partial charge in [-0.1, -0.05) is 18.2 Å². The first-order valence-corrected chi connectivity index (χ1v) is 6.29. The molecule has 0 aliphatic rings. The van der Waals surface area contributed by atoms with Gasteiger partial charge in [0.2, 0.25) is 0 Å². The van der Waals surface area contributed by atoms with Gasteiger partial charge in [-0.05, 0) is 30.8 Å². The van der Waals surface area contributed by atoms with Crippen molar-refractivity contribution in [3.63, 3.8) is 0 Å². The van der Waals surface area contributed by atoms with E-state index in [4.69, 9.17) is 0 Å². The van der Waals surface area contributed by atoms with Crippen molar-refractivity contribution in [1.29, 1.82) is 0 Å². The average Bonchev–Trinajstić information content (AvgIpc) is 2.86. The first-order chi connectivity index (χ1) is 9.28. The highest BCUT2D eigenvalue weighted by atomic mass is 15.3. The summed E-state index contributed by atoms with van der Waals surface area (Å²) in [6.07, 6.45) is 3.87. The Morgan fingerprint density at radius 2 is 2.05 bits per heavy atom. The number of benzene rings is 1. The Balaban J connectivity index is 2.06. The van der Waals surface area contributed by atoms with Crippen LogP contribution in [0.15, 0.2) is 48.8 Å². The lowest BCUT2D eigenvalue weighted by Crippen LogP contribution is -2.18. The van der Waals surface area contributed by atoms with Crippen LogP contribution in [0.25, 0.3) is 10.9 Å². The molecule has 3 rings (SSSR count). The van der Waals surface area contributed by atoms with Gasteiger partial charge in [0.1, 0.15) is 0 Å². The predicted molar refractivity (Wildman–Crippen MR) is 75.9 cm³/mol. The first kappa shape index (κ1) is 11.9. The molecule has 19 heavy (non-hydrogen) atoms. The van der Waals surface area contributed by atoms with E-state index >= 15 is 0 Å². The van der Waals surface area contributed by atoms with Gasteiger partial charge in [-0.25, -0.2) is 0 Å². The van der Waals surface area contributed by atoms with Crippen molar-refractivity contribution in [3.8, 4) is 0 Å². The van der Waals surface area contributed by atoms with Gasteiger partial charge in [0.05, 0.1) is 17.3 Å². The van der Waals surface area contributed by atoms with Gasteiger partial charge in [0.25, 0.3) is 0 Å². The van der Waals surface area contributed by atoms with E-state index in [1.807, 2.05) is 55.4 Å². The standard InChI is InChI=1S/C15H16N4/c1-16-15(14-7-8-19(2)18-14)12-9-11-5-3-4-6-13(11)17-10-12/h3-10,15-16H,1-2H3. The van der Waals surface area contributed by atoms with Crippen molar-refractivity contribution in [2.75, 3.05) is 7.05 Å². The largest absolute Gasteiger partial charge is 0.308 e. The SMILES string of the molecule is CNC(c1cnc2ccccc2c1)c1ccn(C)n1. The van der Waals surface area contributed by atoms with Crippen molar-refractivity contribution < 1.29 is 0 Å². The summed E-state index contributed by atoms with van der Waals surface area (Å²) < 4.78 is 1.81. The summed E-state index contributed by atoms with van der Waals surface area (Å²) in [6.45, 7) is 0. The minimum absolute atomic E-state index is 0.0679. The van der Waals surface area contributed by atoms with Gasteiger partial charge < -0.3 is 5.32 Å². The maximum Gasteiger partial charge on any atom is 0.0839 e. The molecular weight excluding hydrogens is 236 g/mol. The number of pyridine rings is 1. The molecule has 2 heterocycles. The second-order valence-corrected chi connectivity index (χ2v) is 4.60. The van der Waals surface area contributed by atoms with Gasteiger partial charge in [0, 0.05) is 24.8 Å². The minimum Gasteiger partial charge on any atom is -0.308 e. The molecular formula is C15H16N4. The molecule has 0 bridgehead atoms. The molecule has 0 amide bonds. The van der Waals surface area contributed by atoms with E-state index in [2.05, 4.69) is 27.5 Å². The number of hydrogen-bond acceptors (Lipinski definition) is 3. The summed E-state index contributed by atoms with van der Waals surface area (Å²) in [7, 11) is 3.86. The molecule has 0 aliphatic heterocycles. The fraction of sp³-hybridized carbons (Fsp3) is 0.200. The monoisotopic (exact) mass is 252 g/mol. The molecule has 0 aliphatic carbocycles. The lowest BCUT2D eigenvalue weighted by atomic mass is 10.0. The predicted octanol–water partition coefficient (Wildman–Crippen LogP) is 2.28. The third-order valence-electron chi connectivity index (χ3n) is 3.26. The van der Waals surface area contributed by atoms with Crippen LogP contribution in [0, 0.1) is 0 Å². The molecule has 3 aromatic rings. The van der Waals surface area contributed by atoms with E-state index in [0.29, 0.717) is 0 Å². The Morgan fingerprint density at radius 3 is 2.79 bits per heavy atom. The average molecular weight is 252 g/mol. The normalized spacial score (nSPS) is 12.7. The summed E-state index contributed by atoms with van der Waals surface area (Å²) in [4.78, 5) is 4.51. The Kier molecular flexibility index (Phi) is 3.01. The third kappa shape index (κ3) is 2.22. The van der Waals surface area contributed by atoms with Gasteiger partial charge >= 0.3 is 0 Å². The number of aromatic nitrogens is 3. The molecule has 4 nitrogen and oxygen atoms in total. The Morgan fingerprint density at radius 1 is 1.21 bits per heavy atom. The molecule has 2 aromatic heterocycles. The quantitative estimate of drug-likeness (QED) is 0.777. The topological polar surface area (TPSA) is 42.7 Å². The van der Waals surface area contributed by atoms with Gasteiger partial charge in [0.15, 0.2) is 0 Å². The van der Waals surface area contributed by atoms with E-state index in [1.54, 1.807) is 0 Å². The van der Waals surface area contributed by atoms with Crippen LogP contribution in [0.3, 0.4) is 0 Å². The number of nitrogens with one attached hydrogen (secondary N) is 1. The van der Waals surface area contributed by atoms with Crippen LogP contribution in [0.1, 0.15) is 17.3 Å². The molecule has 1 N–H and O–H groups in total. The van der Waals surface area contributed by atoms with E-state index in [9.17, 15) is 0 Å². The molecule has 1 unspecified atom stereocenters. The number of aryl methyl sites for hydroxylation is 1. The highest BCUT2D eigenvalue weighted by molar-refractivity contribution is 5.78. The molecule has 0 saturated heterocycles. The van der Waals surface area contributed by atoms with Gasteiger partial charge in [-0.2, -0.15) is 5.10 Å². The summed E-state index contributed by atoms with van der Waals surface area (Å²) in [6, 6.07) is 12.4. The summed E-state index contributed by atoms with van der Waals surface area (Å²) in [5, 5.41) is 8.91. The molecule has 4 heteroatoms. The summed E-state index contributed by atoms with van der Waals surface area (Å²) in [5.41, 5.74) is 3.14. The fourth-order valence-electron chi connectivity index (χ4n) is 2.32. The number of fused-ring (bicyclic) bond motifs is 1. The maximum atomic E-state index is 4.51. The van der Waals surface area contributed by atoms with Crippen LogP contribution in [0.4, 0.5) is 0 Å². The lowest BCUT2D eigenvalue weighted by molar-refractivity contribution is 0.641. The highest BCUT2D eigenvalue weighted by Crippen LogP contribution is 2.22. The Bertz CT molecular complexity index is 702. The number of rotatable bonds is 3. The zero-order valence-corrected chi connectivity index (χ0v) is 11.0. The maximum absolute atomic E-state index is 4.51. The minimum atomic E-state index is 0.0679. The molecule has 96 valence electrons. The number of nitrogens with zero attached hydrogens (tertiary/aromatic N) is 3. The second kappa shape index (κ2) is 4.82. The molecule has 0 fully saturated rings. The van der Waals surface area contributed by atoms with E-state index in [-0.39, 0.29) is 6.04 Å². The lowest BCUT2D eigenvalue weighted by Gasteiger charge is -2.14. The van der Waals surface area contributed by atoms with Crippen LogP contribution in [-0.2, 0) is 7.05 Å². The molecule has 1 aromatic carbocycles. The molecule has 1 atom stereocenters. The number of para-hydroxylation sites is 1. The van der Waals surface area contributed by atoms with Crippen LogP contribution in [-0.4, -0.2) is 21.8 Å².